The number of sulfonamides is 1. The Bertz CT molecular complexity index is 1460. The van der Waals surface area contributed by atoms with E-state index >= 15 is 0 Å². The van der Waals surface area contributed by atoms with Gasteiger partial charge in [0.15, 0.2) is 0 Å². The number of esters is 1. The highest BCUT2D eigenvalue weighted by Gasteiger charge is 2.53. The summed E-state index contributed by atoms with van der Waals surface area (Å²) in [5.41, 5.74) is 0.788. The summed E-state index contributed by atoms with van der Waals surface area (Å²) in [6, 6.07) is 13.4. The van der Waals surface area contributed by atoms with E-state index in [0.29, 0.717) is 22.7 Å². The molecule has 1 saturated heterocycles. The predicted octanol–water partition coefficient (Wildman–Crippen LogP) is 5.53. The third-order valence-electron chi connectivity index (χ3n) is 7.29. The van der Waals surface area contributed by atoms with Crippen molar-refractivity contribution in [2.24, 2.45) is 10.8 Å². The molecule has 2 unspecified atom stereocenters. The van der Waals surface area contributed by atoms with Crippen LogP contribution in [0.15, 0.2) is 53.4 Å². The lowest BCUT2D eigenvalue weighted by atomic mass is 9.65. The largest absolute Gasteiger partial charge is 0.465 e. The van der Waals surface area contributed by atoms with Gasteiger partial charge in [0.2, 0.25) is 10.0 Å². The van der Waals surface area contributed by atoms with Crippen molar-refractivity contribution in [3.8, 4) is 0 Å². The Morgan fingerprint density at radius 2 is 1.75 bits per heavy atom. The molecule has 2 aromatic carbocycles. The summed E-state index contributed by atoms with van der Waals surface area (Å²) in [5.74, 6) is -0.959. The van der Waals surface area contributed by atoms with Crippen LogP contribution in [0.25, 0.3) is 10.1 Å². The molecule has 1 aliphatic heterocycles. The van der Waals surface area contributed by atoms with Crippen molar-refractivity contribution in [3.05, 3.63) is 59.0 Å². The predicted molar refractivity (Wildman–Crippen MR) is 141 cm³/mol. The quantitative estimate of drug-likeness (QED) is 0.441. The number of anilines is 1. The minimum Gasteiger partial charge on any atom is -0.465 e. The minimum atomic E-state index is -3.68. The maximum Gasteiger partial charge on any atom is 0.350 e. The number of fused-ring (bicyclic) bond motifs is 3. The first-order chi connectivity index (χ1) is 16.9. The monoisotopic (exact) mass is 526 g/mol. The van der Waals surface area contributed by atoms with E-state index in [1.54, 1.807) is 4.31 Å². The Labute approximate surface area is 215 Å². The Balaban J connectivity index is 1.39. The Hall–Kier alpha value is -2.75. The average Bonchev–Trinajstić information content (AvgIpc) is 3.32. The molecule has 36 heavy (non-hydrogen) atoms. The fraction of sp³-hybridized carbons (Fsp3) is 0.407. The molecule has 0 spiro atoms. The molecule has 2 fully saturated rings. The highest BCUT2D eigenvalue weighted by Crippen LogP contribution is 2.53. The molecule has 2 aliphatic rings. The van der Waals surface area contributed by atoms with E-state index in [9.17, 15) is 18.0 Å². The molecule has 0 radical (unpaired) electrons. The van der Waals surface area contributed by atoms with E-state index in [-0.39, 0.29) is 21.8 Å². The molecule has 2 heterocycles. The number of amides is 1. The van der Waals surface area contributed by atoms with E-state index < -0.39 is 21.9 Å². The number of hydrogen-bond acceptors (Lipinski definition) is 6. The molecule has 1 N–H and O–H groups in total. The Morgan fingerprint density at radius 3 is 2.44 bits per heavy atom. The van der Waals surface area contributed by atoms with Crippen LogP contribution < -0.4 is 5.32 Å². The molecule has 2 atom stereocenters. The van der Waals surface area contributed by atoms with E-state index in [0.717, 1.165) is 29.3 Å². The normalized spacial score (nSPS) is 23.5. The van der Waals surface area contributed by atoms with Crippen LogP contribution in [0.4, 0.5) is 5.69 Å². The summed E-state index contributed by atoms with van der Waals surface area (Å²) in [7, 11) is -2.38. The second-order valence-electron chi connectivity index (χ2n) is 11.0. The van der Waals surface area contributed by atoms with Crippen molar-refractivity contribution >= 4 is 49.0 Å². The number of ether oxygens (including phenoxy) is 1. The van der Waals surface area contributed by atoms with Gasteiger partial charge < -0.3 is 10.1 Å². The van der Waals surface area contributed by atoms with Crippen molar-refractivity contribution in [2.75, 3.05) is 19.0 Å². The second kappa shape index (κ2) is 8.68. The highest BCUT2D eigenvalue weighted by atomic mass is 32.2. The fourth-order valence-corrected chi connectivity index (χ4v) is 9.04. The molecular formula is C27H30N2O5S2. The number of rotatable bonds is 5. The number of methoxy groups -OCH3 is 1. The highest BCUT2D eigenvalue weighted by molar-refractivity contribution is 7.89. The van der Waals surface area contributed by atoms with Gasteiger partial charge in [0.1, 0.15) is 4.88 Å². The molecule has 2 bridgehead atoms. The number of carbonyl (C=O) groups is 2. The van der Waals surface area contributed by atoms with E-state index in [1.807, 2.05) is 24.3 Å². The summed E-state index contributed by atoms with van der Waals surface area (Å²) in [4.78, 5) is 25.9. The van der Waals surface area contributed by atoms with Gasteiger partial charge >= 0.3 is 5.97 Å². The smallest absolute Gasteiger partial charge is 0.350 e. The maximum atomic E-state index is 13.5. The van der Waals surface area contributed by atoms with Gasteiger partial charge in [-0.2, -0.15) is 4.31 Å². The maximum absolute atomic E-state index is 13.5. The van der Waals surface area contributed by atoms with Crippen LogP contribution in [0.3, 0.4) is 0 Å². The summed E-state index contributed by atoms with van der Waals surface area (Å²) < 4.78 is 34.5. The third kappa shape index (κ3) is 4.33. The van der Waals surface area contributed by atoms with Crippen LogP contribution in [0.1, 0.15) is 60.1 Å². The molecular weight excluding hydrogens is 496 g/mol. The van der Waals surface area contributed by atoms with E-state index in [1.165, 1.54) is 42.7 Å². The van der Waals surface area contributed by atoms with Crippen LogP contribution in [0, 0.1) is 10.8 Å². The number of hydrogen-bond donors (Lipinski definition) is 1. The first-order valence-electron chi connectivity index (χ1n) is 12.0. The SMILES string of the molecule is COC(=O)c1sc2ccccc2c1NC(=O)c1ccc(S(=O)(=O)N2CC3(C)CC2CC(C)(C)C3)cc1. The Morgan fingerprint density at radius 1 is 1.06 bits per heavy atom. The van der Waals surface area contributed by atoms with Gasteiger partial charge in [-0.25, -0.2) is 13.2 Å². The van der Waals surface area contributed by atoms with Crippen molar-refractivity contribution in [2.45, 2.75) is 51.0 Å². The van der Waals surface area contributed by atoms with Crippen molar-refractivity contribution in [1.29, 1.82) is 0 Å². The number of nitrogens with one attached hydrogen (secondary N) is 1. The zero-order valence-corrected chi connectivity index (χ0v) is 22.5. The van der Waals surface area contributed by atoms with Gasteiger partial charge in [-0.1, -0.05) is 39.0 Å². The molecule has 1 saturated carbocycles. The molecule has 5 rings (SSSR count). The lowest BCUT2D eigenvalue weighted by molar-refractivity contribution is 0.0607. The van der Waals surface area contributed by atoms with Crippen molar-refractivity contribution in [1.82, 2.24) is 4.31 Å². The van der Waals surface area contributed by atoms with Crippen molar-refractivity contribution < 1.29 is 22.7 Å². The number of nitrogens with zero attached hydrogens (tertiary/aromatic N) is 1. The van der Waals surface area contributed by atoms with Gasteiger partial charge in [0.05, 0.1) is 17.7 Å². The van der Waals surface area contributed by atoms with Gasteiger partial charge in [-0.05, 0) is 60.4 Å². The fourth-order valence-electron chi connectivity index (χ4n) is 6.19. The third-order valence-corrected chi connectivity index (χ3v) is 10.4. The number of benzene rings is 2. The first kappa shape index (κ1) is 24.9. The molecule has 3 aromatic rings. The van der Waals surface area contributed by atoms with Crippen LogP contribution in [-0.4, -0.2) is 44.3 Å². The standard InChI is InChI=1S/C27H30N2O5S2/c1-26(2)13-18-14-27(3,15-26)16-29(18)36(32,33)19-11-9-17(10-12-19)24(30)28-22-20-7-5-6-8-21(20)35-23(22)25(31)34-4/h5-12,18H,13-16H2,1-4H3,(H,28,30). The molecule has 1 aliphatic carbocycles. The topological polar surface area (TPSA) is 92.8 Å². The first-order valence-corrected chi connectivity index (χ1v) is 14.2. The molecule has 1 amide bonds. The van der Waals surface area contributed by atoms with Gasteiger partial charge in [-0.3, -0.25) is 4.79 Å². The van der Waals surface area contributed by atoms with Crippen LogP contribution >= 0.6 is 11.3 Å². The number of thiophene rings is 1. The summed E-state index contributed by atoms with van der Waals surface area (Å²) >= 11 is 1.25. The van der Waals surface area contributed by atoms with Gasteiger partial charge in [-0.15, -0.1) is 11.3 Å². The van der Waals surface area contributed by atoms with Crippen LogP contribution in [0.2, 0.25) is 0 Å². The van der Waals surface area contributed by atoms with Gasteiger partial charge in [0, 0.05) is 28.2 Å². The molecule has 7 nitrogen and oxygen atoms in total. The lowest BCUT2D eigenvalue weighted by Crippen LogP contribution is -2.37. The summed E-state index contributed by atoms with van der Waals surface area (Å²) in [6.07, 6.45) is 2.74. The molecule has 190 valence electrons. The zero-order chi connectivity index (χ0) is 25.9. The van der Waals surface area contributed by atoms with E-state index in [4.69, 9.17) is 4.74 Å². The number of carbonyl (C=O) groups excluding carboxylic acids is 2. The Kier molecular flexibility index (Phi) is 6.01. The second-order valence-corrected chi connectivity index (χ2v) is 14.0. The molecule has 1 aromatic heterocycles. The summed E-state index contributed by atoms with van der Waals surface area (Å²) in [5, 5.41) is 3.58. The average molecular weight is 527 g/mol. The van der Waals surface area contributed by atoms with Crippen LogP contribution in [0.5, 0.6) is 0 Å². The molecule has 9 heteroatoms. The summed E-state index contributed by atoms with van der Waals surface area (Å²) in [6.45, 7) is 7.13. The minimum absolute atomic E-state index is 0.00432. The van der Waals surface area contributed by atoms with Crippen molar-refractivity contribution in [3.63, 3.8) is 0 Å². The van der Waals surface area contributed by atoms with E-state index in [2.05, 4.69) is 26.1 Å². The van der Waals surface area contributed by atoms with Gasteiger partial charge in [0.25, 0.3) is 5.91 Å². The zero-order valence-electron chi connectivity index (χ0n) is 20.8. The lowest BCUT2D eigenvalue weighted by Gasteiger charge is -2.39. The van der Waals surface area contributed by atoms with Crippen LogP contribution in [-0.2, 0) is 14.8 Å².